The Morgan fingerprint density at radius 2 is 1.26 bits per heavy atom. The number of hydrogen-bond acceptors (Lipinski definition) is 6. The second-order valence-electron chi connectivity index (χ2n) is 4.51. The summed E-state index contributed by atoms with van der Waals surface area (Å²) in [7, 11) is -3.87. The molecule has 126 valence electrons. The maximum Gasteiger partial charge on any atom is 0.289 e. The molecule has 0 saturated carbocycles. The van der Waals surface area contributed by atoms with Gasteiger partial charge >= 0.3 is 0 Å². The Hall–Kier alpha value is -1.79. The molecular weight excluding hydrogens is 320 g/mol. The van der Waals surface area contributed by atoms with Gasteiger partial charge in [-0.05, 0) is 0 Å². The van der Waals surface area contributed by atoms with Gasteiger partial charge in [0, 0.05) is 0 Å². The molecule has 0 spiro atoms. The molecule has 0 rings (SSSR count). The van der Waals surface area contributed by atoms with E-state index in [0.29, 0.717) is 5.41 Å². The van der Waals surface area contributed by atoms with Crippen LogP contribution in [0.25, 0.3) is 0 Å². The molecule has 0 aliphatic carbocycles. The lowest BCUT2D eigenvalue weighted by Gasteiger charge is -2.31. The highest BCUT2D eigenvalue weighted by Gasteiger charge is 2.34. The van der Waals surface area contributed by atoms with E-state index in [4.69, 9.17) is 37.7 Å². The van der Waals surface area contributed by atoms with Crippen LogP contribution in [-0.2, 0) is 28.5 Å². The molecule has 0 unspecified atom stereocenters. The molecule has 0 fully saturated rings. The maximum atomic E-state index is 11.5. The first-order chi connectivity index (χ1) is 10.9. The molecule has 6 nitrogen and oxygen atoms in total. The predicted octanol–water partition coefficient (Wildman–Crippen LogP) is 0.412. The molecule has 0 aliphatic heterocycles. The summed E-state index contributed by atoms with van der Waals surface area (Å²) in [6, 6.07) is 0. The average Bonchev–Trinajstić information content (AvgIpc) is 2.54. The average molecular weight is 340 g/mol. The summed E-state index contributed by atoms with van der Waals surface area (Å²) < 4.78 is 43.8. The SMILES string of the molecule is C#CCOCC(COCC#C)(COCC#C)COS(=O)(=O)C=C. The van der Waals surface area contributed by atoms with E-state index in [0.717, 1.165) is 0 Å². The van der Waals surface area contributed by atoms with Gasteiger partial charge in [0.2, 0.25) is 0 Å². The Morgan fingerprint density at radius 3 is 1.57 bits per heavy atom. The molecule has 0 atom stereocenters. The third-order valence-electron chi connectivity index (χ3n) is 2.51. The van der Waals surface area contributed by atoms with Crippen molar-refractivity contribution in [2.75, 3.05) is 46.2 Å². The zero-order chi connectivity index (χ0) is 17.6. The highest BCUT2D eigenvalue weighted by Crippen LogP contribution is 2.22. The summed E-state index contributed by atoms with van der Waals surface area (Å²) in [6.07, 6.45) is 15.4. The second kappa shape index (κ2) is 11.7. The highest BCUT2D eigenvalue weighted by molar-refractivity contribution is 7.89. The van der Waals surface area contributed by atoms with Crippen LogP contribution in [0.15, 0.2) is 12.0 Å². The topological polar surface area (TPSA) is 71.1 Å². The normalized spacial score (nSPS) is 11.2. The predicted molar refractivity (Wildman–Crippen MR) is 86.5 cm³/mol. The van der Waals surface area contributed by atoms with E-state index in [1.165, 1.54) is 0 Å². The highest BCUT2D eigenvalue weighted by atomic mass is 32.2. The Morgan fingerprint density at radius 1 is 0.870 bits per heavy atom. The molecule has 0 aromatic rings. The zero-order valence-corrected chi connectivity index (χ0v) is 13.6. The molecule has 0 heterocycles. The van der Waals surface area contributed by atoms with Crippen molar-refractivity contribution in [1.82, 2.24) is 0 Å². The van der Waals surface area contributed by atoms with E-state index in [1.54, 1.807) is 0 Å². The summed E-state index contributed by atoms with van der Waals surface area (Å²) in [6.45, 7) is 3.16. The van der Waals surface area contributed by atoms with Crippen LogP contribution in [0.2, 0.25) is 0 Å². The third kappa shape index (κ3) is 9.76. The molecule has 0 bridgehead atoms. The van der Waals surface area contributed by atoms with Gasteiger partial charge in [-0.1, -0.05) is 24.3 Å². The van der Waals surface area contributed by atoms with Gasteiger partial charge in [0.05, 0.1) is 37.3 Å². The van der Waals surface area contributed by atoms with Crippen LogP contribution in [-0.4, -0.2) is 54.7 Å². The van der Waals surface area contributed by atoms with Crippen molar-refractivity contribution in [2.24, 2.45) is 5.41 Å². The van der Waals surface area contributed by atoms with Gasteiger partial charge in [0.15, 0.2) is 0 Å². The van der Waals surface area contributed by atoms with Gasteiger partial charge in [0.25, 0.3) is 10.1 Å². The fourth-order valence-corrected chi connectivity index (χ4v) is 2.00. The van der Waals surface area contributed by atoms with Crippen molar-refractivity contribution in [1.29, 1.82) is 0 Å². The van der Waals surface area contributed by atoms with Crippen LogP contribution < -0.4 is 0 Å². The fourth-order valence-electron chi connectivity index (χ4n) is 1.48. The minimum atomic E-state index is -3.87. The van der Waals surface area contributed by atoms with Gasteiger partial charge in [-0.25, -0.2) is 0 Å². The van der Waals surface area contributed by atoms with Crippen molar-refractivity contribution >= 4 is 10.1 Å². The van der Waals surface area contributed by atoms with E-state index in [9.17, 15) is 8.42 Å². The lowest BCUT2D eigenvalue weighted by Crippen LogP contribution is -2.42. The van der Waals surface area contributed by atoms with Crippen molar-refractivity contribution < 1.29 is 26.8 Å². The third-order valence-corrected chi connectivity index (χ3v) is 3.37. The fraction of sp³-hybridized carbons (Fsp3) is 0.500. The molecule has 0 aliphatic rings. The monoisotopic (exact) mass is 340 g/mol. The van der Waals surface area contributed by atoms with Gasteiger partial charge in [-0.2, -0.15) is 8.42 Å². The van der Waals surface area contributed by atoms with Gasteiger partial charge < -0.3 is 14.2 Å². The lowest BCUT2D eigenvalue weighted by molar-refractivity contribution is -0.0740. The minimum absolute atomic E-state index is 0.0407. The smallest absolute Gasteiger partial charge is 0.289 e. The first-order valence-electron chi connectivity index (χ1n) is 6.51. The van der Waals surface area contributed by atoms with Crippen molar-refractivity contribution in [3.8, 4) is 37.0 Å². The quantitative estimate of drug-likeness (QED) is 0.275. The zero-order valence-electron chi connectivity index (χ0n) is 12.8. The van der Waals surface area contributed by atoms with Gasteiger partial charge in [-0.3, -0.25) is 4.18 Å². The molecule has 7 heteroatoms. The van der Waals surface area contributed by atoms with Gasteiger partial charge in [0.1, 0.15) is 19.8 Å². The molecule has 0 saturated heterocycles. The Bertz CT molecular complexity index is 523. The molecule has 0 radical (unpaired) electrons. The van der Waals surface area contributed by atoms with Crippen LogP contribution in [0.3, 0.4) is 0 Å². The van der Waals surface area contributed by atoms with Crippen LogP contribution in [0.4, 0.5) is 0 Å². The van der Waals surface area contributed by atoms with E-state index in [-0.39, 0.29) is 46.2 Å². The Labute approximate surface area is 138 Å². The summed E-state index contributed by atoms with van der Waals surface area (Å²) in [5.74, 6) is 6.94. The molecule has 0 aromatic carbocycles. The van der Waals surface area contributed by atoms with Crippen molar-refractivity contribution in [3.63, 3.8) is 0 Å². The van der Waals surface area contributed by atoms with Crippen LogP contribution >= 0.6 is 0 Å². The van der Waals surface area contributed by atoms with E-state index < -0.39 is 15.5 Å². The second-order valence-corrected chi connectivity index (χ2v) is 6.07. The number of hydrogen-bond donors (Lipinski definition) is 0. The standard InChI is InChI=1S/C16H20O6S/c1-5-9-19-12-16(13-20-10-6-2,14-21-11-7-3)15-22-23(17,18)8-4/h1-3,8H,4,9-15H2. The van der Waals surface area contributed by atoms with Crippen LogP contribution in [0.1, 0.15) is 0 Å². The first kappa shape index (κ1) is 21.2. The summed E-state index contributed by atoms with van der Waals surface area (Å²) in [5, 5.41) is 0.699. The molecule has 23 heavy (non-hydrogen) atoms. The van der Waals surface area contributed by atoms with Crippen LogP contribution in [0.5, 0.6) is 0 Å². The molecule has 0 aromatic heterocycles. The number of ether oxygens (including phenoxy) is 3. The molecule has 0 N–H and O–H groups in total. The first-order valence-corrected chi connectivity index (χ1v) is 7.98. The van der Waals surface area contributed by atoms with E-state index in [2.05, 4.69) is 24.3 Å². The molecular formula is C16H20O6S. The Kier molecular flexibility index (Phi) is 10.8. The van der Waals surface area contributed by atoms with E-state index in [1.807, 2.05) is 0 Å². The number of rotatable bonds is 13. The van der Waals surface area contributed by atoms with Gasteiger partial charge in [-0.15, -0.1) is 19.3 Å². The van der Waals surface area contributed by atoms with Crippen molar-refractivity contribution in [2.45, 2.75) is 0 Å². The maximum absolute atomic E-state index is 11.5. The van der Waals surface area contributed by atoms with Crippen molar-refractivity contribution in [3.05, 3.63) is 12.0 Å². The van der Waals surface area contributed by atoms with Crippen LogP contribution in [0, 0.1) is 42.4 Å². The largest absolute Gasteiger partial charge is 0.368 e. The Balaban J connectivity index is 5.08. The lowest BCUT2D eigenvalue weighted by atomic mass is 9.92. The summed E-state index contributed by atoms with van der Waals surface area (Å²) in [5.41, 5.74) is -0.944. The van der Waals surface area contributed by atoms with E-state index >= 15 is 0 Å². The summed E-state index contributed by atoms with van der Waals surface area (Å²) >= 11 is 0. The summed E-state index contributed by atoms with van der Waals surface area (Å²) in [4.78, 5) is 0. The molecule has 0 amide bonds. The number of terminal acetylenes is 3. The minimum Gasteiger partial charge on any atom is -0.368 e.